The lowest BCUT2D eigenvalue weighted by molar-refractivity contribution is 0.356. The SMILES string of the molecule is Fc1c(F)c(F)c([Si](OC2=CCCCC2)(c2c(F)c(F)c(F)c(F)c2F)c2c(F)c(F)c(F)c(F)c2F)c(F)c1F. The summed E-state index contributed by atoms with van der Waals surface area (Å²) in [5.41, 5.74) is 0. The van der Waals surface area contributed by atoms with Crippen LogP contribution < -0.4 is 15.6 Å². The normalized spacial score (nSPS) is 14.0. The van der Waals surface area contributed by atoms with Gasteiger partial charge in [0.15, 0.2) is 69.8 Å². The summed E-state index contributed by atoms with van der Waals surface area (Å²) in [6, 6.07) is 0. The fourth-order valence-corrected chi connectivity index (χ4v) is 8.52. The second-order valence-electron chi connectivity index (χ2n) is 8.53. The fraction of sp³-hybridized carbons (Fsp3) is 0.167. The molecule has 0 radical (unpaired) electrons. The summed E-state index contributed by atoms with van der Waals surface area (Å²) in [6.45, 7) is 0. The molecule has 0 unspecified atom stereocenters. The zero-order valence-corrected chi connectivity index (χ0v) is 20.5. The lowest BCUT2D eigenvalue weighted by Crippen LogP contribution is -2.75. The van der Waals surface area contributed by atoms with Crippen LogP contribution >= 0.6 is 0 Å². The van der Waals surface area contributed by atoms with E-state index in [0.29, 0.717) is 6.42 Å². The molecule has 0 amide bonds. The van der Waals surface area contributed by atoms with E-state index in [0.717, 1.165) is 6.08 Å². The smallest absolute Gasteiger partial charge is 0.364 e. The quantitative estimate of drug-likeness (QED) is 0.108. The molecule has 0 N–H and O–H groups in total. The maximum atomic E-state index is 15.3. The van der Waals surface area contributed by atoms with Gasteiger partial charge in [-0.25, -0.2) is 65.9 Å². The molecule has 0 heterocycles. The van der Waals surface area contributed by atoms with E-state index in [1.165, 1.54) is 0 Å². The molecule has 4 rings (SSSR count). The van der Waals surface area contributed by atoms with Crippen LogP contribution in [-0.2, 0) is 4.43 Å². The van der Waals surface area contributed by atoms with Crippen molar-refractivity contribution in [1.29, 1.82) is 0 Å². The molecular formula is C24H9F15OSi. The molecule has 220 valence electrons. The van der Waals surface area contributed by atoms with Crippen molar-refractivity contribution in [1.82, 2.24) is 0 Å². The molecule has 1 nitrogen and oxygen atoms in total. The van der Waals surface area contributed by atoms with Crippen molar-refractivity contribution < 1.29 is 70.3 Å². The van der Waals surface area contributed by atoms with Gasteiger partial charge in [0.05, 0.1) is 21.3 Å². The minimum absolute atomic E-state index is 0.0155. The Hall–Kier alpha value is -3.63. The molecule has 0 bridgehead atoms. The van der Waals surface area contributed by atoms with Crippen molar-refractivity contribution in [2.75, 3.05) is 0 Å². The Morgan fingerprint density at radius 2 is 0.659 bits per heavy atom. The highest BCUT2D eigenvalue weighted by atomic mass is 28.4. The van der Waals surface area contributed by atoms with Gasteiger partial charge in [-0.05, 0) is 25.3 Å². The minimum Gasteiger partial charge on any atom is -0.533 e. The van der Waals surface area contributed by atoms with E-state index in [1.54, 1.807) is 0 Å². The summed E-state index contributed by atoms with van der Waals surface area (Å²) in [7, 11) is -7.29. The Morgan fingerprint density at radius 1 is 0.390 bits per heavy atom. The minimum atomic E-state index is -7.29. The Labute approximate surface area is 219 Å². The largest absolute Gasteiger partial charge is 0.533 e. The van der Waals surface area contributed by atoms with Gasteiger partial charge >= 0.3 is 8.32 Å². The highest BCUT2D eigenvalue weighted by Gasteiger charge is 2.59. The van der Waals surface area contributed by atoms with Gasteiger partial charge in [0.2, 0.25) is 17.5 Å². The third-order valence-electron chi connectivity index (χ3n) is 6.22. The van der Waals surface area contributed by atoms with Crippen LogP contribution in [0.2, 0.25) is 0 Å². The van der Waals surface area contributed by atoms with Crippen LogP contribution in [-0.4, -0.2) is 8.32 Å². The highest BCUT2D eigenvalue weighted by Crippen LogP contribution is 2.31. The van der Waals surface area contributed by atoms with Gasteiger partial charge in [-0.15, -0.1) is 0 Å². The first kappa shape index (κ1) is 30.3. The van der Waals surface area contributed by atoms with E-state index in [1.807, 2.05) is 0 Å². The summed E-state index contributed by atoms with van der Waals surface area (Å²) in [4.78, 5) is 0. The number of halogens is 15. The van der Waals surface area contributed by atoms with Crippen molar-refractivity contribution >= 4 is 23.9 Å². The molecule has 3 aromatic carbocycles. The molecular weight excluding hydrogens is 617 g/mol. The van der Waals surface area contributed by atoms with Gasteiger partial charge in [0, 0.05) is 6.42 Å². The molecule has 0 fully saturated rings. The second-order valence-corrected chi connectivity index (χ2v) is 11.6. The average molecular weight is 626 g/mol. The molecule has 0 saturated carbocycles. The van der Waals surface area contributed by atoms with E-state index < -0.39 is 123 Å². The van der Waals surface area contributed by atoms with Gasteiger partial charge in [-0.3, -0.25) is 0 Å². The van der Waals surface area contributed by atoms with Crippen molar-refractivity contribution in [3.05, 3.63) is 99.1 Å². The van der Waals surface area contributed by atoms with Crippen molar-refractivity contribution in [3.63, 3.8) is 0 Å². The Kier molecular flexibility index (Phi) is 7.87. The molecule has 1 aliphatic carbocycles. The molecule has 17 heteroatoms. The number of rotatable bonds is 5. The second kappa shape index (κ2) is 10.6. The zero-order chi connectivity index (χ0) is 30.7. The molecule has 0 aromatic heterocycles. The van der Waals surface area contributed by atoms with Crippen LogP contribution in [0, 0.1) is 87.3 Å². The first-order valence-electron chi connectivity index (χ1n) is 11.0. The fourth-order valence-electron chi connectivity index (χ4n) is 4.37. The van der Waals surface area contributed by atoms with Gasteiger partial charge < -0.3 is 4.43 Å². The first-order valence-corrected chi connectivity index (χ1v) is 13.0. The van der Waals surface area contributed by atoms with E-state index >= 15 is 26.3 Å². The van der Waals surface area contributed by atoms with Crippen molar-refractivity contribution in [3.8, 4) is 0 Å². The summed E-state index contributed by atoms with van der Waals surface area (Å²) in [6.07, 6.45) is 0.645. The third kappa shape index (κ3) is 4.35. The number of allylic oxidation sites excluding steroid dienone is 2. The molecule has 0 spiro atoms. The molecule has 0 saturated heterocycles. The van der Waals surface area contributed by atoms with E-state index in [4.69, 9.17) is 4.43 Å². The van der Waals surface area contributed by atoms with E-state index in [2.05, 4.69) is 0 Å². The van der Waals surface area contributed by atoms with Crippen molar-refractivity contribution in [2.24, 2.45) is 0 Å². The average Bonchev–Trinajstić information content (AvgIpc) is 2.95. The maximum absolute atomic E-state index is 15.3. The van der Waals surface area contributed by atoms with E-state index in [-0.39, 0.29) is 12.8 Å². The standard InChI is InChI=1S/C24H9F15OSi/c25-7-10(28)16(34)22(17(35)11(7)29)41(40-6-4-2-1-3-5-6,23-18(36)12(30)8(26)13(31)19(23)37)24-20(38)14(32)9(27)15(33)21(24)39/h4H,1-3,5H2. The monoisotopic (exact) mass is 626 g/mol. The van der Waals surface area contributed by atoms with Crippen LogP contribution in [0.3, 0.4) is 0 Å². The predicted molar refractivity (Wildman–Crippen MR) is 111 cm³/mol. The summed E-state index contributed by atoms with van der Waals surface area (Å²) in [5, 5.41) is -8.15. The van der Waals surface area contributed by atoms with Gasteiger partial charge in [0.25, 0.3) is 0 Å². The number of hydrogen-bond acceptors (Lipinski definition) is 1. The maximum Gasteiger partial charge on any atom is 0.364 e. The van der Waals surface area contributed by atoms with Crippen LogP contribution in [0.15, 0.2) is 11.8 Å². The van der Waals surface area contributed by atoms with Gasteiger partial charge in [0.1, 0.15) is 0 Å². The summed E-state index contributed by atoms with van der Waals surface area (Å²) >= 11 is 0. The zero-order valence-electron chi connectivity index (χ0n) is 19.5. The Balaban J connectivity index is 2.44. The molecule has 41 heavy (non-hydrogen) atoms. The molecule has 1 aliphatic rings. The van der Waals surface area contributed by atoms with Crippen LogP contribution in [0.1, 0.15) is 25.7 Å². The lowest BCUT2D eigenvalue weighted by atomic mass is 10.1. The highest BCUT2D eigenvalue weighted by molar-refractivity contribution is 7.07. The third-order valence-corrected chi connectivity index (χ3v) is 10.2. The molecule has 0 aliphatic heterocycles. The van der Waals surface area contributed by atoms with Crippen LogP contribution in [0.4, 0.5) is 65.9 Å². The van der Waals surface area contributed by atoms with Gasteiger partial charge in [-0.2, -0.15) is 0 Å². The van der Waals surface area contributed by atoms with Crippen LogP contribution in [0.5, 0.6) is 0 Å². The number of hydrogen-bond donors (Lipinski definition) is 0. The van der Waals surface area contributed by atoms with Crippen molar-refractivity contribution in [2.45, 2.75) is 25.7 Å². The topological polar surface area (TPSA) is 9.23 Å². The molecule has 3 aromatic rings. The van der Waals surface area contributed by atoms with Crippen LogP contribution in [0.25, 0.3) is 0 Å². The van der Waals surface area contributed by atoms with E-state index in [9.17, 15) is 39.5 Å². The van der Waals surface area contributed by atoms with Gasteiger partial charge in [-0.1, -0.05) is 0 Å². The number of benzene rings is 3. The molecule has 0 atom stereocenters. The predicted octanol–water partition coefficient (Wildman–Crippen LogP) is 6.21. The summed E-state index contributed by atoms with van der Waals surface area (Å²) < 4.78 is 225. The first-order chi connectivity index (χ1) is 19.1. The lowest BCUT2D eigenvalue weighted by Gasteiger charge is -2.36. The summed E-state index contributed by atoms with van der Waals surface area (Å²) in [5.74, 6) is -46.5. The Morgan fingerprint density at radius 3 is 0.902 bits per heavy atom. The Bertz CT molecular complexity index is 1380.